The molecule has 2 atom stereocenters. The van der Waals surface area contributed by atoms with Gasteiger partial charge in [0.05, 0.1) is 33.4 Å². The Morgan fingerprint density at radius 1 is 0.698 bits per heavy atom. The van der Waals surface area contributed by atoms with Crippen LogP contribution in [0.3, 0.4) is 0 Å². The highest BCUT2D eigenvalue weighted by atomic mass is 16.5. The van der Waals surface area contributed by atoms with E-state index in [-0.39, 0.29) is 17.8 Å². The summed E-state index contributed by atoms with van der Waals surface area (Å²) in [6, 6.07) is 19.7. The van der Waals surface area contributed by atoms with Crippen LogP contribution in [0.1, 0.15) is 45.5 Å². The summed E-state index contributed by atoms with van der Waals surface area (Å²) in [5.41, 5.74) is 6.57. The molecule has 43 heavy (non-hydrogen) atoms. The maximum Gasteiger partial charge on any atom is 0.204 e. The summed E-state index contributed by atoms with van der Waals surface area (Å²) in [6.45, 7) is 1.73. The zero-order valence-corrected chi connectivity index (χ0v) is 25.1. The van der Waals surface area contributed by atoms with Gasteiger partial charge in [0, 0.05) is 18.7 Å². The summed E-state index contributed by atoms with van der Waals surface area (Å²) in [7, 11) is 9.20. The molecule has 0 aromatic heterocycles. The van der Waals surface area contributed by atoms with Crippen LogP contribution in [0.15, 0.2) is 60.7 Å². The maximum absolute atomic E-state index is 10.8. The third-order valence-electron chi connectivity index (χ3n) is 9.03. The number of hydrogen-bond donors (Lipinski definition) is 1. The quantitative estimate of drug-likeness (QED) is 0.296. The van der Waals surface area contributed by atoms with Crippen molar-refractivity contribution >= 4 is 0 Å². The van der Waals surface area contributed by atoms with Crippen molar-refractivity contribution in [3.05, 3.63) is 94.0 Å². The van der Waals surface area contributed by atoms with E-state index in [0.717, 1.165) is 53.7 Å². The molecule has 4 heterocycles. The molecule has 0 spiro atoms. The molecule has 4 aromatic rings. The number of aromatic hydroxyl groups is 1. The van der Waals surface area contributed by atoms with Crippen LogP contribution in [0.5, 0.6) is 46.0 Å². The largest absolute Gasteiger partial charge is 0.504 e. The van der Waals surface area contributed by atoms with Gasteiger partial charge in [-0.3, -0.25) is 9.80 Å². The monoisotopic (exact) mass is 580 g/mol. The molecule has 4 aliphatic rings. The Morgan fingerprint density at radius 2 is 1.37 bits per heavy atom. The Labute approximate surface area is 251 Å². The lowest BCUT2D eigenvalue weighted by Gasteiger charge is -2.38. The predicted octanol–water partition coefficient (Wildman–Crippen LogP) is 6.47. The van der Waals surface area contributed by atoms with Crippen molar-refractivity contribution in [3.63, 3.8) is 0 Å². The zero-order chi connectivity index (χ0) is 29.8. The summed E-state index contributed by atoms with van der Waals surface area (Å²) in [5.74, 6) is 4.11. The maximum atomic E-state index is 10.8. The van der Waals surface area contributed by atoms with E-state index >= 15 is 0 Å². The van der Waals surface area contributed by atoms with Gasteiger partial charge in [-0.25, -0.2) is 0 Å². The van der Waals surface area contributed by atoms with Crippen LogP contribution in [0, 0.1) is 0 Å². The number of ether oxygens (including phenoxy) is 5. The summed E-state index contributed by atoms with van der Waals surface area (Å²) < 4.78 is 31.0. The van der Waals surface area contributed by atoms with Crippen molar-refractivity contribution in [1.29, 1.82) is 0 Å². The van der Waals surface area contributed by atoms with Crippen LogP contribution in [-0.2, 0) is 12.8 Å². The first kappa shape index (κ1) is 27.4. The molecule has 0 unspecified atom stereocenters. The van der Waals surface area contributed by atoms with E-state index < -0.39 is 0 Å². The van der Waals surface area contributed by atoms with Gasteiger partial charge in [-0.2, -0.15) is 0 Å². The first-order chi connectivity index (χ1) is 20.9. The molecule has 0 aliphatic carbocycles. The summed E-state index contributed by atoms with van der Waals surface area (Å²) >= 11 is 0. The minimum atomic E-state index is -0.209. The lowest BCUT2D eigenvalue weighted by Crippen LogP contribution is -2.33. The third-order valence-corrected chi connectivity index (χ3v) is 9.03. The molecule has 0 amide bonds. The Kier molecular flexibility index (Phi) is 6.83. The highest BCUT2D eigenvalue weighted by Crippen LogP contribution is 2.53. The SMILES string of the molecule is COc1cc2c3cc1Oc1c(OC)c(OC)cc4c1[C@@H](c1ccc(O)c(c1)Oc1ccc(cc1)[C@@H]3N(C)CC2)N(C)CC4. The number of likely N-dealkylation sites (N-methyl/N-ethyl adjacent to an activating group) is 2. The zero-order valence-electron chi connectivity index (χ0n) is 25.1. The number of nitrogens with zero attached hydrogens (tertiary/aromatic N) is 2. The van der Waals surface area contributed by atoms with Gasteiger partial charge in [0.1, 0.15) is 5.75 Å². The van der Waals surface area contributed by atoms with Gasteiger partial charge in [0.2, 0.25) is 5.75 Å². The highest BCUT2D eigenvalue weighted by Gasteiger charge is 2.36. The number of phenols is 1. The molecule has 8 nitrogen and oxygen atoms in total. The number of rotatable bonds is 3. The first-order valence-corrected chi connectivity index (χ1v) is 14.6. The fourth-order valence-corrected chi connectivity index (χ4v) is 6.86. The van der Waals surface area contributed by atoms with Crippen LogP contribution in [0.2, 0.25) is 0 Å². The fraction of sp³-hybridized carbons (Fsp3) is 0.314. The molecule has 0 fully saturated rings. The van der Waals surface area contributed by atoms with Gasteiger partial charge in [0.25, 0.3) is 0 Å². The van der Waals surface area contributed by atoms with Crippen LogP contribution >= 0.6 is 0 Å². The molecule has 0 radical (unpaired) electrons. The summed E-state index contributed by atoms with van der Waals surface area (Å²) in [5, 5.41) is 10.8. The van der Waals surface area contributed by atoms with Crippen molar-refractivity contribution in [2.75, 3.05) is 48.5 Å². The van der Waals surface area contributed by atoms with E-state index in [0.29, 0.717) is 40.2 Å². The lowest BCUT2D eigenvalue weighted by molar-refractivity contribution is 0.251. The van der Waals surface area contributed by atoms with Crippen LogP contribution in [0.4, 0.5) is 0 Å². The van der Waals surface area contributed by atoms with Crippen molar-refractivity contribution in [2.45, 2.75) is 24.9 Å². The van der Waals surface area contributed by atoms with E-state index in [9.17, 15) is 5.11 Å². The van der Waals surface area contributed by atoms with Gasteiger partial charge in [0.15, 0.2) is 34.5 Å². The van der Waals surface area contributed by atoms with E-state index in [1.807, 2.05) is 30.3 Å². The Bertz CT molecular complexity index is 1700. The highest BCUT2D eigenvalue weighted by molar-refractivity contribution is 5.65. The van der Waals surface area contributed by atoms with Gasteiger partial charge in [-0.15, -0.1) is 0 Å². The first-order valence-electron chi connectivity index (χ1n) is 14.6. The molecule has 4 aliphatic heterocycles. The number of phenolic OH excluding ortho intramolecular Hbond substituents is 1. The van der Waals surface area contributed by atoms with Gasteiger partial charge in [-0.1, -0.05) is 18.2 Å². The smallest absolute Gasteiger partial charge is 0.204 e. The van der Waals surface area contributed by atoms with E-state index in [2.05, 4.69) is 48.2 Å². The van der Waals surface area contributed by atoms with Crippen molar-refractivity contribution in [2.24, 2.45) is 0 Å². The summed E-state index contributed by atoms with van der Waals surface area (Å²) in [4.78, 5) is 4.64. The molecular formula is C35H36N2O6. The second-order valence-corrected chi connectivity index (χ2v) is 11.5. The summed E-state index contributed by atoms with van der Waals surface area (Å²) in [6.07, 6.45) is 1.71. The topological polar surface area (TPSA) is 72.9 Å². The number of methoxy groups -OCH3 is 3. The Morgan fingerprint density at radius 3 is 2.09 bits per heavy atom. The molecule has 6 bridgehead atoms. The van der Waals surface area contributed by atoms with Crippen LogP contribution in [0.25, 0.3) is 0 Å². The van der Waals surface area contributed by atoms with Gasteiger partial charge >= 0.3 is 0 Å². The van der Waals surface area contributed by atoms with E-state index in [4.69, 9.17) is 23.7 Å². The Hall–Kier alpha value is -4.40. The Balaban J connectivity index is 1.54. The second kappa shape index (κ2) is 10.7. The minimum absolute atomic E-state index is 0.00990. The normalized spacial score (nSPS) is 19.2. The molecule has 222 valence electrons. The fourth-order valence-electron chi connectivity index (χ4n) is 6.86. The number of benzene rings is 4. The van der Waals surface area contributed by atoms with E-state index in [1.165, 1.54) is 5.56 Å². The van der Waals surface area contributed by atoms with E-state index in [1.54, 1.807) is 27.4 Å². The number of fused-ring (bicyclic) bond motifs is 2. The third kappa shape index (κ3) is 4.53. The molecule has 1 N–H and O–H groups in total. The average molecular weight is 581 g/mol. The van der Waals surface area contributed by atoms with Crippen molar-refractivity contribution < 1.29 is 28.8 Å². The van der Waals surface area contributed by atoms with Gasteiger partial charge < -0.3 is 28.8 Å². The number of hydrogen-bond acceptors (Lipinski definition) is 8. The van der Waals surface area contributed by atoms with Crippen molar-refractivity contribution in [3.8, 4) is 46.0 Å². The second-order valence-electron chi connectivity index (χ2n) is 11.5. The standard InChI is InChI=1S/C35H36N2O6/c1-36-14-12-21-16-28(39-3)29-19-25(21)32(36)20-6-9-24(10-7-20)42-27-18-23(8-11-26(27)38)33-31-22(13-15-37(33)2)17-30(40-4)34(41-5)35(31)43-29/h6-11,16-19,32-33,38H,12-15H2,1-5H3/t32-,33+/m0/s1. The molecule has 0 saturated carbocycles. The average Bonchev–Trinajstić information content (AvgIpc) is 3.02. The van der Waals surface area contributed by atoms with Crippen LogP contribution in [-0.4, -0.2) is 63.4 Å². The molecular weight excluding hydrogens is 544 g/mol. The molecule has 0 saturated heterocycles. The lowest BCUT2D eigenvalue weighted by atomic mass is 9.86. The molecule has 8 heteroatoms. The van der Waals surface area contributed by atoms with Crippen molar-refractivity contribution in [1.82, 2.24) is 9.80 Å². The molecule has 4 aromatic carbocycles. The minimum Gasteiger partial charge on any atom is -0.504 e. The van der Waals surface area contributed by atoms with Gasteiger partial charge in [-0.05, 0) is 97.2 Å². The predicted molar refractivity (Wildman–Crippen MR) is 164 cm³/mol. The van der Waals surface area contributed by atoms with Crippen LogP contribution < -0.4 is 23.7 Å². The molecule has 8 rings (SSSR count).